The Morgan fingerprint density at radius 3 is 2.41 bits per heavy atom. The molecule has 17 heavy (non-hydrogen) atoms. The number of nitro groups is 1. The maximum Gasteiger partial charge on any atom is 0.377 e. The molecule has 0 saturated carbocycles. The van der Waals surface area contributed by atoms with Crippen molar-refractivity contribution in [3.05, 3.63) is 25.4 Å². The number of rotatable bonds is 3. The van der Waals surface area contributed by atoms with E-state index in [2.05, 4.69) is 4.98 Å². The first kappa shape index (κ1) is 14.1. The highest BCUT2D eigenvalue weighted by molar-refractivity contribution is 14.1. The van der Waals surface area contributed by atoms with Gasteiger partial charge in [-0.2, -0.15) is 0 Å². The van der Waals surface area contributed by atoms with E-state index in [1.807, 2.05) is 0 Å². The third-order valence-electron chi connectivity index (χ3n) is 1.64. The van der Waals surface area contributed by atoms with Crippen LogP contribution in [0.5, 0.6) is 0 Å². The van der Waals surface area contributed by atoms with E-state index < -0.39 is 37.8 Å². The van der Waals surface area contributed by atoms with Gasteiger partial charge in [0.15, 0.2) is 0 Å². The summed E-state index contributed by atoms with van der Waals surface area (Å²) in [4.78, 5) is 11.6. The first-order valence-corrected chi connectivity index (χ1v) is 6.43. The minimum atomic E-state index is -4.41. The highest BCUT2D eigenvalue weighted by atomic mass is 127. The predicted molar refractivity (Wildman–Crippen MR) is 59.9 cm³/mol. The quantitative estimate of drug-likeness (QED) is 0.481. The van der Waals surface area contributed by atoms with E-state index in [-0.39, 0.29) is 3.57 Å². The lowest BCUT2D eigenvalue weighted by Crippen LogP contribution is -2.17. The van der Waals surface area contributed by atoms with Crippen LogP contribution in [0, 0.1) is 13.7 Å². The minimum Gasteiger partial charge on any atom is -0.358 e. The molecule has 94 valence electrons. The van der Waals surface area contributed by atoms with Crippen LogP contribution in [-0.2, 0) is 10.0 Å². The van der Waals surface area contributed by atoms with Gasteiger partial charge in [-0.15, -0.1) is 0 Å². The van der Waals surface area contributed by atoms with Crippen molar-refractivity contribution in [2.24, 2.45) is 5.14 Å². The molecular formula is C6H4F2IN3O4S. The standard InChI is InChI=1S/C6H4F2IN3O4S/c7-5(8)4-3(17(10,15)16)1-2(9)6(11-4)12(13)14/h1,5H,(H2,10,15,16). The van der Waals surface area contributed by atoms with Gasteiger partial charge in [0.05, 0.1) is 0 Å². The molecule has 7 nitrogen and oxygen atoms in total. The second-order valence-electron chi connectivity index (χ2n) is 2.78. The number of primary sulfonamides is 1. The molecule has 0 atom stereocenters. The summed E-state index contributed by atoms with van der Waals surface area (Å²) in [5.41, 5.74) is -1.22. The molecule has 0 unspecified atom stereocenters. The molecule has 1 rings (SSSR count). The minimum absolute atomic E-state index is 0.193. The first-order chi connectivity index (χ1) is 7.64. The van der Waals surface area contributed by atoms with Crippen LogP contribution < -0.4 is 5.14 Å². The highest BCUT2D eigenvalue weighted by Crippen LogP contribution is 2.29. The van der Waals surface area contributed by atoms with Gasteiger partial charge in [-0.3, -0.25) is 0 Å². The van der Waals surface area contributed by atoms with Crippen molar-refractivity contribution in [3.63, 3.8) is 0 Å². The Kier molecular flexibility index (Phi) is 3.93. The predicted octanol–water partition coefficient (Wildman–Crippen LogP) is 1.18. The zero-order valence-corrected chi connectivity index (χ0v) is 10.8. The molecule has 0 spiro atoms. The van der Waals surface area contributed by atoms with Crippen molar-refractivity contribution in [1.29, 1.82) is 0 Å². The number of hydrogen-bond acceptors (Lipinski definition) is 5. The van der Waals surface area contributed by atoms with Crippen LogP contribution in [0.4, 0.5) is 14.6 Å². The Balaban J connectivity index is 3.64. The molecule has 0 saturated heterocycles. The van der Waals surface area contributed by atoms with E-state index in [9.17, 15) is 27.3 Å². The molecule has 11 heteroatoms. The SMILES string of the molecule is NS(=O)(=O)c1cc(I)c([N+](=O)[O-])nc1C(F)F. The zero-order chi connectivity index (χ0) is 13.4. The van der Waals surface area contributed by atoms with Crippen LogP contribution in [-0.4, -0.2) is 18.3 Å². The summed E-state index contributed by atoms with van der Waals surface area (Å²) in [6.07, 6.45) is -3.28. The van der Waals surface area contributed by atoms with Gasteiger partial charge in [-0.05, 0) is 38.6 Å². The molecule has 0 amide bonds. The van der Waals surface area contributed by atoms with Crippen LogP contribution >= 0.6 is 22.6 Å². The number of nitrogens with two attached hydrogens (primary N) is 1. The second-order valence-corrected chi connectivity index (χ2v) is 5.47. The smallest absolute Gasteiger partial charge is 0.358 e. The number of halogens is 3. The third kappa shape index (κ3) is 3.04. The van der Waals surface area contributed by atoms with Crippen molar-refractivity contribution in [3.8, 4) is 0 Å². The highest BCUT2D eigenvalue weighted by Gasteiger charge is 2.31. The van der Waals surface area contributed by atoms with Crippen LogP contribution in [0.15, 0.2) is 11.0 Å². The average molecular weight is 379 g/mol. The molecule has 2 N–H and O–H groups in total. The van der Waals surface area contributed by atoms with Crippen molar-refractivity contribution in [2.75, 3.05) is 0 Å². The van der Waals surface area contributed by atoms with Crippen molar-refractivity contribution < 1.29 is 22.1 Å². The fraction of sp³-hybridized carbons (Fsp3) is 0.167. The Hall–Kier alpha value is -0.950. The summed E-state index contributed by atoms with van der Waals surface area (Å²) in [6.45, 7) is 0. The largest absolute Gasteiger partial charge is 0.377 e. The molecule has 1 aromatic rings. The summed E-state index contributed by atoms with van der Waals surface area (Å²) < 4.78 is 46.9. The molecule has 1 aromatic heterocycles. The maximum absolute atomic E-state index is 12.5. The van der Waals surface area contributed by atoms with Gasteiger partial charge in [-0.1, -0.05) is 0 Å². The summed E-state index contributed by atoms with van der Waals surface area (Å²) >= 11 is 1.41. The lowest BCUT2D eigenvalue weighted by molar-refractivity contribution is -0.390. The van der Waals surface area contributed by atoms with E-state index in [4.69, 9.17) is 5.14 Å². The number of alkyl halides is 2. The third-order valence-corrected chi connectivity index (χ3v) is 3.37. The normalized spacial score (nSPS) is 11.8. The topological polar surface area (TPSA) is 116 Å². The van der Waals surface area contributed by atoms with Crippen molar-refractivity contribution in [2.45, 2.75) is 11.3 Å². The Labute approximate surface area is 107 Å². The number of hydrogen-bond donors (Lipinski definition) is 1. The number of sulfonamides is 1. The Morgan fingerprint density at radius 2 is 2.06 bits per heavy atom. The average Bonchev–Trinajstić information content (AvgIpc) is 2.14. The fourth-order valence-electron chi connectivity index (χ4n) is 0.988. The Morgan fingerprint density at radius 1 is 1.53 bits per heavy atom. The van der Waals surface area contributed by atoms with E-state index in [0.29, 0.717) is 6.07 Å². The summed E-state index contributed by atoms with van der Waals surface area (Å²) in [5, 5.41) is 15.2. The summed E-state index contributed by atoms with van der Waals surface area (Å²) in [5.74, 6) is -0.840. The maximum atomic E-state index is 12.5. The summed E-state index contributed by atoms with van der Waals surface area (Å²) in [7, 11) is -4.41. The lowest BCUT2D eigenvalue weighted by atomic mass is 10.3. The molecule has 0 aliphatic heterocycles. The molecule has 0 bridgehead atoms. The van der Waals surface area contributed by atoms with Gasteiger partial charge >= 0.3 is 12.2 Å². The Bertz CT molecular complexity index is 577. The molecule has 0 radical (unpaired) electrons. The summed E-state index contributed by atoms with van der Waals surface area (Å²) in [6, 6.07) is 0.697. The van der Waals surface area contributed by atoms with Crippen LogP contribution in [0.25, 0.3) is 0 Å². The molecule has 0 aromatic carbocycles. The number of pyridine rings is 1. The zero-order valence-electron chi connectivity index (χ0n) is 7.80. The van der Waals surface area contributed by atoms with E-state index >= 15 is 0 Å². The molecule has 0 fully saturated rings. The number of aromatic nitrogens is 1. The van der Waals surface area contributed by atoms with Crippen molar-refractivity contribution >= 4 is 38.4 Å². The van der Waals surface area contributed by atoms with Gasteiger partial charge in [0.1, 0.15) is 8.47 Å². The van der Waals surface area contributed by atoms with Gasteiger partial charge in [0.25, 0.3) is 0 Å². The first-order valence-electron chi connectivity index (χ1n) is 3.80. The monoisotopic (exact) mass is 379 g/mol. The van der Waals surface area contributed by atoms with Crippen LogP contribution in [0.3, 0.4) is 0 Å². The van der Waals surface area contributed by atoms with E-state index in [0.717, 1.165) is 0 Å². The van der Waals surface area contributed by atoms with Gasteiger partial charge in [-0.25, -0.2) is 22.3 Å². The number of nitrogens with zero attached hydrogens (tertiary/aromatic N) is 2. The van der Waals surface area contributed by atoms with E-state index in [1.165, 1.54) is 22.6 Å². The lowest BCUT2D eigenvalue weighted by Gasteiger charge is -2.04. The molecule has 0 aliphatic rings. The van der Waals surface area contributed by atoms with Crippen LogP contribution in [0.1, 0.15) is 12.1 Å². The molecular weight excluding hydrogens is 375 g/mol. The molecule has 0 aliphatic carbocycles. The van der Waals surface area contributed by atoms with Crippen LogP contribution in [0.2, 0.25) is 0 Å². The van der Waals surface area contributed by atoms with Gasteiger partial charge < -0.3 is 10.1 Å². The van der Waals surface area contributed by atoms with E-state index in [1.54, 1.807) is 0 Å². The molecule has 1 heterocycles. The fourth-order valence-corrected chi connectivity index (χ4v) is 2.54. The second kappa shape index (κ2) is 4.73. The van der Waals surface area contributed by atoms with Crippen molar-refractivity contribution in [1.82, 2.24) is 4.98 Å². The van der Waals surface area contributed by atoms with Gasteiger partial charge in [0, 0.05) is 0 Å². The van der Waals surface area contributed by atoms with Gasteiger partial charge in [0.2, 0.25) is 15.7 Å².